The van der Waals surface area contributed by atoms with E-state index < -0.39 is 23.6 Å². The van der Waals surface area contributed by atoms with Gasteiger partial charge in [-0.25, -0.2) is 4.79 Å². The van der Waals surface area contributed by atoms with Crippen molar-refractivity contribution in [1.82, 2.24) is 0 Å². The van der Waals surface area contributed by atoms with Gasteiger partial charge in [0.25, 0.3) is 0 Å². The summed E-state index contributed by atoms with van der Waals surface area (Å²) < 4.78 is 4.90. The summed E-state index contributed by atoms with van der Waals surface area (Å²) >= 11 is 0. The van der Waals surface area contributed by atoms with E-state index in [0.29, 0.717) is 18.4 Å². The maximum atomic E-state index is 11.8. The second-order valence-corrected chi connectivity index (χ2v) is 8.54. The third-order valence-corrected chi connectivity index (χ3v) is 7.23. The molecule has 3 N–H and O–H groups in total. The van der Waals surface area contributed by atoms with E-state index in [4.69, 9.17) is 4.74 Å². The third-order valence-electron chi connectivity index (χ3n) is 7.23. The van der Waals surface area contributed by atoms with Gasteiger partial charge in [0.15, 0.2) is 0 Å². The monoisotopic (exact) mass is 350 g/mol. The van der Waals surface area contributed by atoms with E-state index in [1.807, 2.05) is 13.0 Å². The molecule has 0 amide bonds. The number of esters is 1. The molecule has 1 saturated heterocycles. The Labute approximate surface area is 149 Å². The van der Waals surface area contributed by atoms with Gasteiger partial charge in [-0.3, -0.25) is 0 Å². The summed E-state index contributed by atoms with van der Waals surface area (Å²) in [5.74, 6) is -0.0734. The van der Waals surface area contributed by atoms with Crippen molar-refractivity contribution in [3.63, 3.8) is 0 Å². The molecular formula is C20H30O5. The molecule has 25 heavy (non-hydrogen) atoms. The molecule has 3 rings (SSSR count). The van der Waals surface area contributed by atoms with Crippen LogP contribution in [-0.4, -0.2) is 46.7 Å². The smallest absolute Gasteiger partial charge is 0.336 e. The highest BCUT2D eigenvalue weighted by Crippen LogP contribution is 2.61. The number of carbonyl (C=O) groups excluding carboxylic acids is 1. The SMILES string of the molecule is C=C1CC[C@@H]2[C@@](C)(CC[C@H](O)[C@]2(C)CO)[C@@H]1C/C=C1\C(=O)OC[C@@H]1O. The van der Waals surface area contributed by atoms with E-state index in [1.54, 1.807) is 0 Å². The van der Waals surface area contributed by atoms with E-state index in [0.717, 1.165) is 24.8 Å². The molecule has 1 heterocycles. The van der Waals surface area contributed by atoms with Gasteiger partial charge in [-0.2, -0.15) is 0 Å². The van der Waals surface area contributed by atoms with Crippen LogP contribution in [0.1, 0.15) is 46.0 Å². The summed E-state index contributed by atoms with van der Waals surface area (Å²) in [4.78, 5) is 11.8. The van der Waals surface area contributed by atoms with Crippen molar-refractivity contribution in [2.45, 2.75) is 58.2 Å². The lowest BCUT2D eigenvalue weighted by Crippen LogP contribution is -2.57. The standard InChI is InChI=1S/C20H30O5/c1-12-4-7-16-19(2,9-8-17(23)20(16,3)11-21)14(12)6-5-13-15(22)10-25-18(13)24/h5,14-17,21-23H,1,4,6-11H2,2-3H3/b13-5-/t14-,15+,16-,17+,19+,20-/m1/s1. The van der Waals surface area contributed by atoms with Gasteiger partial charge in [-0.05, 0) is 49.4 Å². The second kappa shape index (κ2) is 6.53. The molecule has 0 aromatic rings. The van der Waals surface area contributed by atoms with Crippen molar-refractivity contribution in [1.29, 1.82) is 0 Å². The highest BCUT2D eigenvalue weighted by atomic mass is 16.6. The zero-order chi connectivity index (χ0) is 18.4. The number of aliphatic hydroxyl groups excluding tert-OH is 3. The van der Waals surface area contributed by atoms with Gasteiger partial charge in [0.05, 0.1) is 18.3 Å². The van der Waals surface area contributed by atoms with Gasteiger partial charge in [-0.1, -0.05) is 32.1 Å². The molecule has 5 nitrogen and oxygen atoms in total. The van der Waals surface area contributed by atoms with Gasteiger partial charge in [0, 0.05) is 5.41 Å². The van der Waals surface area contributed by atoms with E-state index in [-0.39, 0.29) is 30.5 Å². The lowest BCUT2D eigenvalue weighted by molar-refractivity contribution is -0.151. The van der Waals surface area contributed by atoms with Crippen molar-refractivity contribution >= 4 is 5.97 Å². The van der Waals surface area contributed by atoms with Gasteiger partial charge in [-0.15, -0.1) is 0 Å². The van der Waals surface area contributed by atoms with Crippen LogP contribution in [0.5, 0.6) is 0 Å². The number of ether oxygens (including phenoxy) is 1. The fraction of sp³-hybridized carbons (Fsp3) is 0.750. The molecule has 0 radical (unpaired) electrons. The van der Waals surface area contributed by atoms with Crippen LogP contribution < -0.4 is 0 Å². The number of aliphatic hydroxyl groups is 3. The Bertz CT molecular complexity index is 597. The maximum absolute atomic E-state index is 11.8. The molecule has 0 aromatic heterocycles. The Hall–Kier alpha value is -1.17. The Morgan fingerprint density at radius 2 is 2.04 bits per heavy atom. The molecule has 0 unspecified atom stereocenters. The Morgan fingerprint density at radius 3 is 2.64 bits per heavy atom. The van der Waals surface area contributed by atoms with Gasteiger partial charge >= 0.3 is 5.97 Å². The minimum Gasteiger partial charge on any atom is -0.459 e. The lowest BCUT2D eigenvalue weighted by atomic mass is 9.46. The zero-order valence-corrected chi connectivity index (χ0v) is 15.2. The van der Waals surface area contributed by atoms with Crippen LogP contribution in [0.4, 0.5) is 0 Å². The summed E-state index contributed by atoms with van der Waals surface area (Å²) in [5.41, 5.74) is 0.911. The molecule has 0 bridgehead atoms. The molecule has 3 fully saturated rings. The van der Waals surface area contributed by atoms with Crippen molar-refractivity contribution < 1.29 is 24.9 Å². The molecule has 0 aromatic carbocycles. The number of cyclic esters (lactones) is 1. The Morgan fingerprint density at radius 1 is 1.32 bits per heavy atom. The largest absolute Gasteiger partial charge is 0.459 e. The zero-order valence-electron chi connectivity index (χ0n) is 15.2. The lowest BCUT2D eigenvalue weighted by Gasteiger charge is -2.59. The topological polar surface area (TPSA) is 87.0 Å². The number of carbonyl (C=O) groups is 1. The van der Waals surface area contributed by atoms with Crippen LogP contribution in [0.2, 0.25) is 0 Å². The molecule has 3 aliphatic rings. The minimum atomic E-state index is -0.844. The summed E-state index contributed by atoms with van der Waals surface area (Å²) in [5, 5.41) is 30.4. The fourth-order valence-corrected chi connectivity index (χ4v) is 5.56. The molecule has 140 valence electrons. The van der Waals surface area contributed by atoms with E-state index in [1.165, 1.54) is 0 Å². The van der Waals surface area contributed by atoms with Crippen LogP contribution in [0.15, 0.2) is 23.8 Å². The number of hydrogen-bond acceptors (Lipinski definition) is 5. The predicted molar refractivity (Wildman–Crippen MR) is 93.6 cm³/mol. The number of allylic oxidation sites excluding steroid dienone is 2. The highest BCUT2D eigenvalue weighted by molar-refractivity contribution is 5.91. The quantitative estimate of drug-likeness (QED) is 0.411. The fourth-order valence-electron chi connectivity index (χ4n) is 5.56. The van der Waals surface area contributed by atoms with E-state index in [9.17, 15) is 20.1 Å². The Kier molecular flexibility index (Phi) is 4.86. The molecule has 6 atom stereocenters. The van der Waals surface area contributed by atoms with Crippen molar-refractivity contribution in [2.24, 2.45) is 22.7 Å². The highest BCUT2D eigenvalue weighted by Gasteiger charge is 2.57. The summed E-state index contributed by atoms with van der Waals surface area (Å²) in [7, 11) is 0. The second-order valence-electron chi connectivity index (χ2n) is 8.54. The summed E-state index contributed by atoms with van der Waals surface area (Å²) in [6.07, 6.45) is 4.42. The first-order valence-corrected chi connectivity index (χ1v) is 9.26. The first kappa shape index (κ1) is 18.6. The molecule has 2 aliphatic carbocycles. The first-order valence-electron chi connectivity index (χ1n) is 9.26. The van der Waals surface area contributed by atoms with Crippen molar-refractivity contribution in [3.8, 4) is 0 Å². The summed E-state index contributed by atoms with van der Waals surface area (Å²) in [6, 6.07) is 0. The van der Waals surface area contributed by atoms with Crippen LogP contribution >= 0.6 is 0 Å². The molecule has 5 heteroatoms. The predicted octanol–water partition coefficient (Wildman–Crippen LogP) is 1.96. The van der Waals surface area contributed by atoms with Gasteiger partial charge in [0.2, 0.25) is 0 Å². The maximum Gasteiger partial charge on any atom is 0.336 e. The van der Waals surface area contributed by atoms with Crippen molar-refractivity contribution in [2.75, 3.05) is 13.2 Å². The number of rotatable bonds is 3. The third kappa shape index (κ3) is 2.86. The number of fused-ring (bicyclic) bond motifs is 1. The van der Waals surface area contributed by atoms with E-state index in [2.05, 4.69) is 13.5 Å². The molecule has 1 aliphatic heterocycles. The van der Waals surface area contributed by atoms with Crippen LogP contribution in [-0.2, 0) is 9.53 Å². The summed E-state index contributed by atoms with van der Waals surface area (Å²) in [6.45, 7) is 8.50. The number of hydrogen-bond donors (Lipinski definition) is 3. The minimum absolute atomic E-state index is 0.0280. The van der Waals surface area contributed by atoms with E-state index >= 15 is 0 Å². The van der Waals surface area contributed by atoms with Crippen molar-refractivity contribution in [3.05, 3.63) is 23.8 Å². The molecule has 0 spiro atoms. The average Bonchev–Trinajstić information content (AvgIpc) is 2.89. The normalized spacial score (nSPS) is 46.2. The van der Waals surface area contributed by atoms with Crippen LogP contribution in [0.3, 0.4) is 0 Å². The Balaban J connectivity index is 1.89. The van der Waals surface area contributed by atoms with Crippen LogP contribution in [0, 0.1) is 22.7 Å². The molecule has 2 saturated carbocycles. The van der Waals surface area contributed by atoms with Crippen LogP contribution in [0.25, 0.3) is 0 Å². The first-order chi connectivity index (χ1) is 11.7. The van der Waals surface area contributed by atoms with Gasteiger partial charge in [0.1, 0.15) is 12.7 Å². The molecular weight excluding hydrogens is 320 g/mol. The average molecular weight is 350 g/mol. The van der Waals surface area contributed by atoms with Gasteiger partial charge < -0.3 is 20.1 Å².